The summed E-state index contributed by atoms with van der Waals surface area (Å²) in [6, 6.07) is 5.06. The minimum atomic E-state index is -3.69. The maximum Gasteiger partial charge on any atom is 0.243 e. The summed E-state index contributed by atoms with van der Waals surface area (Å²) in [5.41, 5.74) is 6.23. The molecule has 6 nitrogen and oxygen atoms in total. The van der Waals surface area contributed by atoms with Crippen molar-refractivity contribution in [2.75, 3.05) is 12.3 Å². The zero-order valence-corrected chi connectivity index (χ0v) is 12.4. The average Bonchev–Trinajstić information content (AvgIpc) is 3.05. The van der Waals surface area contributed by atoms with Gasteiger partial charge in [-0.05, 0) is 31.0 Å². The highest BCUT2D eigenvalue weighted by molar-refractivity contribution is 7.89. The van der Waals surface area contributed by atoms with E-state index in [0.29, 0.717) is 29.4 Å². The smallest absolute Gasteiger partial charge is 0.243 e. The Kier molecular flexibility index (Phi) is 3.43. The number of benzene rings is 1. The summed E-state index contributed by atoms with van der Waals surface area (Å²) in [6.07, 6.45) is 4.64. The van der Waals surface area contributed by atoms with Crippen LogP contribution in [0.4, 0.5) is 5.69 Å². The van der Waals surface area contributed by atoms with Crippen LogP contribution in [-0.4, -0.2) is 30.7 Å². The standard InChI is InChI=1S/C14H19N3O3S/c15-10-3-4-11-12(7-10)16-8-13(11)21(19,20)17-14(9-18)5-1-2-6-14/h3-4,7-8,16-18H,1-2,5-6,9,15H2. The van der Waals surface area contributed by atoms with Crippen molar-refractivity contribution in [1.29, 1.82) is 0 Å². The molecule has 114 valence electrons. The number of anilines is 1. The van der Waals surface area contributed by atoms with Crippen LogP contribution in [0, 0.1) is 0 Å². The van der Waals surface area contributed by atoms with Crippen LogP contribution in [0.1, 0.15) is 25.7 Å². The Labute approximate surface area is 123 Å². The van der Waals surface area contributed by atoms with Gasteiger partial charge >= 0.3 is 0 Å². The quantitative estimate of drug-likeness (QED) is 0.639. The van der Waals surface area contributed by atoms with E-state index < -0.39 is 15.6 Å². The van der Waals surface area contributed by atoms with Crippen LogP contribution in [0.3, 0.4) is 0 Å². The van der Waals surface area contributed by atoms with Crippen LogP contribution < -0.4 is 10.5 Å². The maximum absolute atomic E-state index is 12.6. The number of aliphatic hydroxyl groups excluding tert-OH is 1. The highest BCUT2D eigenvalue weighted by atomic mass is 32.2. The number of nitrogens with one attached hydrogen (secondary N) is 2. The molecule has 1 aromatic carbocycles. The fourth-order valence-electron chi connectivity index (χ4n) is 3.02. The molecule has 1 heterocycles. The Morgan fingerprint density at radius 1 is 1.33 bits per heavy atom. The van der Waals surface area contributed by atoms with E-state index in [9.17, 15) is 13.5 Å². The second-order valence-corrected chi connectivity index (χ2v) is 7.36. The van der Waals surface area contributed by atoms with Gasteiger partial charge in [0, 0.05) is 22.8 Å². The lowest BCUT2D eigenvalue weighted by Gasteiger charge is -2.27. The molecule has 0 atom stereocenters. The van der Waals surface area contributed by atoms with Gasteiger partial charge in [0.1, 0.15) is 4.90 Å². The van der Waals surface area contributed by atoms with Crippen LogP contribution in [0.15, 0.2) is 29.3 Å². The fourth-order valence-corrected chi connectivity index (χ4v) is 4.65. The molecule has 3 rings (SSSR count). The molecule has 1 saturated carbocycles. The van der Waals surface area contributed by atoms with Crippen molar-refractivity contribution in [3.63, 3.8) is 0 Å². The topological polar surface area (TPSA) is 108 Å². The molecule has 2 aromatic rings. The molecule has 1 aliphatic rings. The van der Waals surface area contributed by atoms with E-state index in [2.05, 4.69) is 9.71 Å². The van der Waals surface area contributed by atoms with Gasteiger partial charge < -0.3 is 15.8 Å². The van der Waals surface area contributed by atoms with Gasteiger partial charge in [0.2, 0.25) is 10.0 Å². The van der Waals surface area contributed by atoms with Gasteiger partial charge in [0.05, 0.1) is 12.1 Å². The minimum Gasteiger partial charge on any atom is -0.399 e. The number of aromatic amines is 1. The zero-order chi connectivity index (χ0) is 15.1. The molecule has 0 unspecified atom stereocenters. The minimum absolute atomic E-state index is 0.179. The third kappa shape index (κ3) is 2.52. The van der Waals surface area contributed by atoms with Gasteiger partial charge in [0.15, 0.2) is 0 Å². The number of nitrogen functional groups attached to an aromatic ring is 1. The predicted octanol–water partition coefficient (Wildman–Crippen LogP) is 1.33. The Morgan fingerprint density at radius 3 is 2.71 bits per heavy atom. The normalized spacial score (nSPS) is 18.3. The Morgan fingerprint density at radius 2 is 2.05 bits per heavy atom. The second kappa shape index (κ2) is 5.01. The highest BCUT2D eigenvalue weighted by Gasteiger charge is 2.38. The van der Waals surface area contributed by atoms with Crippen molar-refractivity contribution in [1.82, 2.24) is 9.71 Å². The van der Waals surface area contributed by atoms with Crippen molar-refractivity contribution in [3.8, 4) is 0 Å². The van der Waals surface area contributed by atoms with Gasteiger partial charge in [0.25, 0.3) is 0 Å². The molecule has 1 aliphatic carbocycles. The third-order valence-corrected chi connectivity index (χ3v) is 5.79. The van der Waals surface area contributed by atoms with E-state index in [1.807, 2.05) is 0 Å². The number of hydrogen-bond acceptors (Lipinski definition) is 4. The molecule has 0 bridgehead atoms. The summed E-state index contributed by atoms with van der Waals surface area (Å²) in [6.45, 7) is -0.179. The molecule has 21 heavy (non-hydrogen) atoms. The number of hydrogen-bond donors (Lipinski definition) is 4. The number of aliphatic hydroxyl groups is 1. The summed E-state index contributed by atoms with van der Waals surface area (Å²) in [7, 11) is -3.69. The molecular formula is C14H19N3O3S. The Balaban J connectivity index is 2.00. The monoisotopic (exact) mass is 309 g/mol. The van der Waals surface area contributed by atoms with Crippen LogP contribution in [0.25, 0.3) is 10.9 Å². The fraction of sp³-hybridized carbons (Fsp3) is 0.429. The van der Waals surface area contributed by atoms with Crippen molar-refractivity contribution >= 4 is 26.6 Å². The van der Waals surface area contributed by atoms with E-state index in [1.54, 1.807) is 18.2 Å². The summed E-state index contributed by atoms with van der Waals surface area (Å²) >= 11 is 0. The van der Waals surface area contributed by atoms with Crippen LogP contribution in [-0.2, 0) is 10.0 Å². The number of fused-ring (bicyclic) bond motifs is 1. The molecular weight excluding hydrogens is 290 g/mol. The first-order chi connectivity index (χ1) is 9.96. The van der Waals surface area contributed by atoms with Crippen LogP contribution >= 0.6 is 0 Å². The van der Waals surface area contributed by atoms with Crippen molar-refractivity contribution in [3.05, 3.63) is 24.4 Å². The second-order valence-electron chi connectivity index (χ2n) is 5.71. The van der Waals surface area contributed by atoms with Crippen molar-refractivity contribution in [2.45, 2.75) is 36.1 Å². The van der Waals surface area contributed by atoms with Gasteiger partial charge in [-0.15, -0.1) is 0 Å². The number of rotatable bonds is 4. The summed E-state index contributed by atoms with van der Waals surface area (Å²) in [5, 5.41) is 10.2. The molecule has 0 spiro atoms. The molecule has 0 saturated heterocycles. The molecule has 5 N–H and O–H groups in total. The molecule has 0 radical (unpaired) electrons. The summed E-state index contributed by atoms with van der Waals surface area (Å²) in [5.74, 6) is 0. The first kappa shape index (κ1) is 14.4. The number of H-pyrrole nitrogens is 1. The van der Waals surface area contributed by atoms with Crippen LogP contribution in [0.2, 0.25) is 0 Å². The van der Waals surface area contributed by atoms with E-state index in [4.69, 9.17) is 5.73 Å². The van der Waals surface area contributed by atoms with Crippen LogP contribution in [0.5, 0.6) is 0 Å². The lowest BCUT2D eigenvalue weighted by Crippen LogP contribution is -2.49. The van der Waals surface area contributed by atoms with Crippen molar-refractivity contribution < 1.29 is 13.5 Å². The van der Waals surface area contributed by atoms with E-state index in [-0.39, 0.29) is 11.5 Å². The highest BCUT2D eigenvalue weighted by Crippen LogP contribution is 2.32. The van der Waals surface area contributed by atoms with Gasteiger partial charge in [-0.25, -0.2) is 13.1 Å². The van der Waals surface area contributed by atoms with E-state index >= 15 is 0 Å². The molecule has 0 amide bonds. The lowest BCUT2D eigenvalue weighted by molar-refractivity contribution is 0.185. The average molecular weight is 309 g/mol. The molecule has 0 aliphatic heterocycles. The first-order valence-corrected chi connectivity index (χ1v) is 8.46. The Bertz CT molecular complexity index is 761. The SMILES string of the molecule is Nc1ccc2c(S(=O)(=O)NC3(CO)CCCC3)c[nH]c2c1. The molecule has 1 aromatic heterocycles. The van der Waals surface area contributed by atoms with Gasteiger partial charge in [-0.1, -0.05) is 12.8 Å². The number of aromatic nitrogens is 1. The lowest BCUT2D eigenvalue weighted by atomic mass is 10.0. The summed E-state index contributed by atoms with van der Waals surface area (Å²) < 4.78 is 28.0. The summed E-state index contributed by atoms with van der Waals surface area (Å²) in [4.78, 5) is 3.12. The largest absolute Gasteiger partial charge is 0.399 e. The molecule has 1 fully saturated rings. The third-order valence-electron chi connectivity index (χ3n) is 4.17. The van der Waals surface area contributed by atoms with Crippen molar-refractivity contribution in [2.24, 2.45) is 0 Å². The van der Waals surface area contributed by atoms with E-state index in [0.717, 1.165) is 12.8 Å². The number of nitrogens with two attached hydrogens (primary N) is 1. The first-order valence-electron chi connectivity index (χ1n) is 6.97. The zero-order valence-electron chi connectivity index (χ0n) is 11.6. The van der Waals surface area contributed by atoms with Gasteiger partial charge in [-0.2, -0.15) is 0 Å². The van der Waals surface area contributed by atoms with Gasteiger partial charge in [-0.3, -0.25) is 0 Å². The Hall–Kier alpha value is -1.57. The number of sulfonamides is 1. The molecule has 7 heteroatoms. The predicted molar refractivity (Wildman–Crippen MR) is 81.3 cm³/mol. The maximum atomic E-state index is 12.6. The van der Waals surface area contributed by atoms with E-state index in [1.165, 1.54) is 6.20 Å².